The number of aryl methyl sites for hydroxylation is 2. The number of benzene rings is 1. The van der Waals surface area contributed by atoms with Crippen molar-refractivity contribution in [3.63, 3.8) is 0 Å². The quantitative estimate of drug-likeness (QED) is 0.604. The van der Waals surface area contributed by atoms with Crippen LogP contribution in [0.25, 0.3) is 0 Å². The van der Waals surface area contributed by atoms with Crippen molar-refractivity contribution in [3.8, 4) is 5.75 Å². The zero-order valence-corrected chi connectivity index (χ0v) is 18.9. The highest BCUT2D eigenvalue weighted by molar-refractivity contribution is 9.10. The van der Waals surface area contributed by atoms with E-state index >= 15 is 0 Å². The molecule has 1 aliphatic rings. The molecule has 1 aliphatic carbocycles. The molecular formula is C23H28BrN3O3. The summed E-state index contributed by atoms with van der Waals surface area (Å²) in [5.74, 6) is 1.11. The molecule has 1 aromatic heterocycles. The maximum Gasteiger partial charge on any atom is 0.223 e. The molecule has 1 heterocycles. The Hall–Kier alpha value is -2.41. The number of anilines is 1. The molecule has 0 bridgehead atoms. The van der Waals surface area contributed by atoms with Crippen LogP contribution in [0.4, 0.5) is 5.82 Å². The van der Waals surface area contributed by atoms with Crippen LogP contribution in [0.1, 0.15) is 43.9 Å². The van der Waals surface area contributed by atoms with Crippen molar-refractivity contribution in [1.82, 2.24) is 10.3 Å². The zero-order chi connectivity index (χ0) is 21.7. The number of halogens is 1. The van der Waals surface area contributed by atoms with Gasteiger partial charge in [-0.25, -0.2) is 4.98 Å². The van der Waals surface area contributed by atoms with Crippen molar-refractivity contribution in [3.05, 3.63) is 52.1 Å². The lowest BCUT2D eigenvalue weighted by molar-refractivity contribution is -0.129. The van der Waals surface area contributed by atoms with Crippen molar-refractivity contribution in [2.24, 2.45) is 5.92 Å². The molecule has 1 fully saturated rings. The third kappa shape index (κ3) is 6.05. The summed E-state index contributed by atoms with van der Waals surface area (Å²) in [7, 11) is 0. The van der Waals surface area contributed by atoms with Crippen LogP contribution < -0.4 is 15.8 Å². The number of hydrogen-bond acceptors (Lipinski definition) is 5. The van der Waals surface area contributed by atoms with Gasteiger partial charge in [0.25, 0.3) is 0 Å². The molecule has 6 nitrogen and oxygen atoms in total. The fourth-order valence-corrected chi connectivity index (χ4v) is 4.01. The highest BCUT2D eigenvalue weighted by Crippen LogP contribution is 2.30. The first-order chi connectivity index (χ1) is 14.3. The number of nitrogens with two attached hydrogens (primary N) is 1. The number of nitrogens with one attached hydrogen (secondary N) is 1. The lowest BCUT2D eigenvalue weighted by atomic mass is 10.0. The summed E-state index contributed by atoms with van der Waals surface area (Å²) in [6, 6.07) is 10.8. The van der Waals surface area contributed by atoms with Crippen LogP contribution in [-0.2, 0) is 16.0 Å². The van der Waals surface area contributed by atoms with Crippen molar-refractivity contribution in [1.29, 1.82) is 0 Å². The molecule has 0 unspecified atom stereocenters. The number of amides is 1. The van der Waals surface area contributed by atoms with E-state index < -0.39 is 6.04 Å². The van der Waals surface area contributed by atoms with E-state index in [0.717, 1.165) is 34.3 Å². The number of aromatic nitrogens is 1. The summed E-state index contributed by atoms with van der Waals surface area (Å²) in [5, 5.41) is 2.89. The minimum Gasteiger partial charge on any atom is -0.490 e. The largest absolute Gasteiger partial charge is 0.490 e. The molecule has 160 valence electrons. The number of carbonyl (C=O) groups excluding carboxylic acids is 2. The van der Waals surface area contributed by atoms with Gasteiger partial charge >= 0.3 is 0 Å². The van der Waals surface area contributed by atoms with Crippen molar-refractivity contribution in [2.75, 3.05) is 5.73 Å². The fraction of sp³-hybridized carbons (Fsp3) is 0.435. The molecule has 3 N–H and O–H groups in total. The van der Waals surface area contributed by atoms with Crippen LogP contribution in [0.15, 0.2) is 40.9 Å². The second-order valence-electron chi connectivity index (χ2n) is 7.88. The predicted octanol–water partition coefficient (Wildman–Crippen LogP) is 3.99. The molecule has 1 amide bonds. The normalized spacial score (nSPS) is 19.3. The number of ether oxygens (including phenoxy) is 1. The van der Waals surface area contributed by atoms with Crippen molar-refractivity contribution in [2.45, 2.75) is 58.1 Å². The van der Waals surface area contributed by atoms with E-state index in [0.29, 0.717) is 25.1 Å². The van der Waals surface area contributed by atoms with Crippen LogP contribution in [0.3, 0.4) is 0 Å². The Balaban J connectivity index is 1.44. The molecule has 0 aliphatic heterocycles. The third-order valence-electron chi connectivity index (χ3n) is 5.57. The first-order valence-corrected chi connectivity index (χ1v) is 11.1. The molecule has 30 heavy (non-hydrogen) atoms. The van der Waals surface area contributed by atoms with Gasteiger partial charge in [-0.05, 0) is 75.4 Å². The van der Waals surface area contributed by atoms with E-state index in [1.54, 1.807) is 13.0 Å². The number of nitrogens with zero attached hydrogens (tertiary/aromatic N) is 1. The number of rotatable bonds is 8. The molecule has 1 saturated carbocycles. The highest BCUT2D eigenvalue weighted by Gasteiger charge is 2.32. The first-order valence-electron chi connectivity index (χ1n) is 10.3. The fourth-order valence-electron chi connectivity index (χ4n) is 3.75. The summed E-state index contributed by atoms with van der Waals surface area (Å²) >= 11 is 3.41. The molecule has 7 heteroatoms. The van der Waals surface area contributed by atoms with Gasteiger partial charge in [0, 0.05) is 22.5 Å². The van der Waals surface area contributed by atoms with Gasteiger partial charge in [0.1, 0.15) is 11.6 Å². The van der Waals surface area contributed by atoms with Crippen LogP contribution in [-0.4, -0.2) is 28.8 Å². The maximum atomic E-state index is 12.6. The zero-order valence-electron chi connectivity index (χ0n) is 17.4. The Morgan fingerprint density at radius 3 is 2.67 bits per heavy atom. The molecular weight excluding hydrogens is 446 g/mol. The Morgan fingerprint density at radius 1 is 1.23 bits per heavy atom. The Bertz CT molecular complexity index is 901. The van der Waals surface area contributed by atoms with E-state index in [9.17, 15) is 9.59 Å². The Labute approximate surface area is 185 Å². The van der Waals surface area contributed by atoms with Crippen molar-refractivity contribution < 1.29 is 14.3 Å². The van der Waals surface area contributed by atoms with E-state index in [1.165, 1.54) is 0 Å². The predicted molar refractivity (Wildman–Crippen MR) is 120 cm³/mol. The SMILES string of the molecule is Cc1nc(N)ccc1CCC(=O)[C@H](C)NC(=O)[C@@H]1CC[C@@H](Oc2ccc(Br)cc2)C1. The third-order valence-corrected chi connectivity index (χ3v) is 6.10. The Morgan fingerprint density at radius 2 is 1.97 bits per heavy atom. The second kappa shape index (κ2) is 10.1. The first kappa shape index (κ1) is 22.3. The minimum absolute atomic E-state index is 0.0141. The average molecular weight is 474 g/mol. The summed E-state index contributed by atoms with van der Waals surface area (Å²) in [6.45, 7) is 3.63. The maximum absolute atomic E-state index is 12.6. The lowest BCUT2D eigenvalue weighted by Gasteiger charge is -2.17. The van der Waals surface area contributed by atoms with E-state index in [-0.39, 0.29) is 23.7 Å². The number of pyridine rings is 1. The van der Waals surface area contributed by atoms with Gasteiger partial charge in [-0.15, -0.1) is 0 Å². The van der Waals surface area contributed by atoms with E-state index in [2.05, 4.69) is 26.2 Å². The van der Waals surface area contributed by atoms with Crippen LogP contribution in [0.5, 0.6) is 5.75 Å². The van der Waals surface area contributed by atoms with Gasteiger partial charge in [0.2, 0.25) is 5.91 Å². The van der Waals surface area contributed by atoms with Crippen LogP contribution in [0.2, 0.25) is 0 Å². The second-order valence-corrected chi connectivity index (χ2v) is 8.80. The van der Waals surface area contributed by atoms with Crippen molar-refractivity contribution >= 4 is 33.4 Å². The van der Waals surface area contributed by atoms with Gasteiger partial charge in [-0.1, -0.05) is 22.0 Å². The molecule has 0 radical (unpaired) electrons. The van der Waals surface area contributed by atoms with Gasteiger partial charge in [0.15, 0.2) is 5.78 Å². The topological polar surface area (TPSA) is 94.3 Å². The summed E-state index contributed by atoms with van der Waals surface area (Å²) < 4.78 is 6.99. The lowest BCUT2D eigenvalue weighted by Crippen LogP contribution is -2.41. The smallest absolute Gasteiger partial charge is 0.223 e. The molecule has 3 atom stereocenters. The van der Waals surface area contributed by atoms with E-state index in [4.69, 9.17) is 10.5 Å². The molecule has 0 spiro atoms. The van der Waals surface area contributed by atoms with Gasteiger partial charge in [-0.2, -0.15) is 0 Å². The standard InChI is InChI=1S/C23H28BrN3O3/c1-14-16(5-12-22(25)26-14)4-11-21(28)15(2)27-23(29)17-3-8-20(13-17)30-19-9-6-18(24)7-10-19/h5-7,9-10,12,15,17,20H,3-4,8,11,13H2,1-2H3,(H2,25,26)(H,27,29)/t15-,17+,20+/m0/s1. The average Bonchev–Trinajstić information content (AvgIpc) is 3.17. The number of hydrogen-bond donors (Lipinski definition) is 2. The van der Waals surface area contributed by atoms with Gasteiger partial charge in [0.05, 0.1) is 12.1 Å². The molecule has 1 aromatic carbocycles. The summed E-state index contributed by atoms with van der Waals surface area (Å²) in [6.07, 6.45) is 3.23. The molecule has 3 rings (SSSR count). The Kier molecular flexibility index (Phi) is 7.48. The minimum atomic E-state index is -0.508. The summed E-state index contributed by atoms with van der Waals surface area (Å²) in [5.41, 5.74) is 7.50. The number of ketones is 1. The van der Waals surface area contributed by atoms with E-state index in [1.807, 2.05) is 37.3 Å². The number of Topliss-reactive ketones (excluding diaryl/α,β-unsaturated/α-hetero) is 1. The number of carbonyl (C=O) groups is 2. The summed E-state index contributed by atoms with van der Waals surface area (Å²) in [4.78, 5) is 29.3. The monoisotopic (exact) mass is 473 g/mol. The van der Waals surface area contributed by atoms with Crippen LogP contribution >= 0.6 is 15.9 Å². The highest BCUT2D eigenvalue weighted by atomic mass is 79.9. The number of nitrogen functional groups attached to an aromatic ring is 1. The molecule has 2 aromatic rings. The van der Waals surface area contributed by atoms with Gasteiger partial charge < -0.3 is 15.8 Å². The van der Waals surface area contributed by atoms with Crippen LogP contribution in [0, 0.1) is 12.8 Å². The van der Waals surface area contributed by atoms with Gasteiger partial charge in [-0.3, -0.25) is 9.59 Å². The molecule has 0 saturated heterocycles.